The summed E-state index contributed by atoms with van der Waals surface area (Å²) < 4.78 is 5.86. The molecule has 1 saturated heterocycles. The Balaban J connectivity index is 1.41. The Morgan fingerprint density at radius 3 is 2.52 bits per heavy atom. The van der Waals surface area contributed by atoms with Crippen LogP contribution in [0.4, 0.5) is 0 Å². The van der Waals surface area contributed by atoms with Crippen molar-refractivity contribution in [3.63, 3.8) is 0 Å². The van der Waals surface area contributed by atoms with Crippen LogP contribution in [0, 0.1) is 5.92 Å². The van der Waals surface area contributed by atoms with Crippen LogP contribution in [0.25, 0.3) is 0 Å². The second-order valence-corrected chi connectivity index (χ2v) is 7.56. The third kappa shape index (κ3) is 4.95. The van der Waals surface area contributed by atoms with Gasteiger partial charge in [0.15, 0.2) is 0 Å². The monoisotopic (exact) mass is 346 g/mol. The van der Waals surface area contributed by atoms with Crippen molar-refractivity contribution in [1.29, 1.82) is 0 Å². The summed E-state index contributed by atoms with van der Waals surface area (Å²) in [5.41, 5.74) is 1.17. The van der Waals surface area contributed by atoms with Gasteiger partial charge < -0.3 is 14.7 Å². The molecule has 1 atom stereocenters. The highest BCUT2D eigenvalue weighted by Crippen LogP contribution is 2.31. The molecule has 2 fully saturated rings. The zero-order valence-corrected chi connectivity index (χ0v) is 15.4. The summed E-state index contributed by atoms with van der Waals surface area (Å²) in [4.78, 5) is 16.3. The molecule has 1 N–H and O–H groups in total. The molecule has 0 bridgehead atoms. The number of nitrogens with zero attached hydrogens (tertiary/aromatic N) is 2. The zero-order valence-electron chi connectivity index (χ0n) is 15.4. The van der Waals surface area contributed by atoms with E-state index in [0.717, 1.165) is 44.8 Å². The van der Waals surface area contributed by atoms with Gasteiger partial charge in [0.2, 0.25) is 5.91 Å². The first-order chi connectivity index (χ1) is 12.0. The number of benzene rings is 1. The number of carbonyl (C=O) groups excluding carboxylic acids is 1. The quantitative estimate of drug-likeness (QED) is 0.821. The van der Waals surface area contributed by atoms with Crippen LogP contribution in [-0.2, 0) is 4.79 Å². The first-order valence-electron chi connectivity index (χ1n) is 9.45. The van der Waals surface area contributed by atoms with Crippen molar-refractivity contribution in [3.05, 3.63) is 29.8 Å². The van der Waals surface area contributed by atoms with Gasteiger partial charge in [-0.1, -0.05) is 32.0 Å². The molecule has 25 heavy (non-hydrogen) atoms. The van der Waals surface area contributed by atoms with Gasteiger partial charge in [-0.2, -0.15) is 0 Å². The molecule has 0 radical (unpaired) electrons. The smallest absolute Gasteiger partial charge is 0.225 e. The number of rotatable bonds is 7. The van der Waals surface area contributed by atoms with Crippen LogP contribution in [0.2, 0.25) is 0 Å². The Bertz CT molecular complexity index is 578. The minimum atomic E-state index is -0.522. The largest absolute Gasteiger partial charge is 0.491 e. The van der Waals surface area contributed by atoms with E-state index < -0.39 is 6.10 Å². The van der Waals surface area contributed by atoms with Crippen LogP contribution in [0.3, 0.4) is 0 Å². The summed E-state index contributed by atoms with van der Waals surface area (Å²) in [5, 5.41) is 10.3. The number of aliphatic hydroxyl groups is 1. The first kappa shape index (κ1) is 18.2. The van der Waals surface area contributed by atoms with Gasteiger partial charge in [0.05, 0.1) is 0 Å². The summed E-state index contributed by atoms with van der Waals surface area (Å²) in [6, 6.07) is 8.01. The first-order valence-corrected chi connectivity index (χ1v) is 9.45. The fourth-order valence-electron chi connectivity index (χ4n) is 3.36. The van der Waals surface area contributed by atoms with E-state index in [4.69, 9.17) is 4.74 Å². The number of β-amino-alcohol motifs (C(OH)–C–C–N with tert-alkyl or cyclic N) is 1. The van der Waals surface area contributed by atoms with E-state index in [9.17, 15) is 9.90 Å². The number of amides is 1. The van der Waals surface area contributed by atoms with Gasteiger partial charge in [-0.15, -0.1) is 0 Å². The Morgan fingerprint density at radius 2 is 1.88 bits per heavy atom. The predicted octanol–water partition coefficient (Wildman–Crippen LogP) is 2.10. The average molecular weight is 346 g/mol. The lowest BCUT2D eigenvalue weighted by molar-refractivity contribution is -0.134. The molecule has 1 aromatic carbocycles. The second kappa shape index (κ2) is 8.19. The Kier molecular flexibility index (Phi) is 5.97. The number of para-hydroxylation sites is 1. The van der Waals surface area contributed by atoms with Crippen molar-refractivity contribution in [2.75, 3.05) is 39.3 Å². The number of piperazine rings is 1. The highest BCUT2D eigenvalue weighted by molar-refractivity contribution is 5.81. The van der Waals surface area contributed by atoms with Gasteiger partial charge in [0.25, 0.3) is 0 Å². The molecule has 0 spiro atoms. The molecular formula is C20H30N2O3. The Labute approximate surface area is 150 Å². The average Bonchev–Trinajstić information content (AvgIpc) is 3.45. The van der Waals surface area contributed by atoms with Gasteiger partial charge in [-0.05, 0) is 30.4 Å². The van der Waals surface area contributed by atoms with E-state index in [1.807, 2.05) is 23.1 Å². The van der Waals surface area contributed by atoms with Gasteiger partial charge >= 0.3 is 0 Å². The van der Waals surface area contributed by atoms with Crippen molar-refractivity contribution in [2.24, 2.45) is 5.92 Å². The molecule has 0 unspecified atom stereocenters. The SMILES string of the molecule is CC(C)c1ccccc1OC[C@@H](O)CN1CCN(C(=O)C2CC2)CC1. The molecule has 1 saturated carbocycles. The number of carbonyl (C=O) groups is 1. The summed E-state index contributed by atoms with van der Waals surface area (Å²) >= 11 is 0. The van der Waals surface area contributed by atoms with Crippen molar-refractivity contribution < 1.29 is 14.6 Å². The molecule has 5 nitrogen and oxygen atoms in total. The summed E-state index contributed by atoms with van der Waals surface area (Å²) in [7, 11) is 0. The predicted molar refractivity (Wildman–Crippen MR) is 97.8 cm³/mol. The summed E-state index contributed by atoms with van der Waals surface area (Å²) in [6.07, 6.45) is 1.60. The molecule has 138 valence electrons. The van der Waals surface area contributed by atoms with Crippen molar-refractivity contribution in [3.8, 4) is 5.75 Å². The van der Waals surface area contributed by atoms with E-state index in [-0.39, 0.29) is 0 Å². The highest BCUT2D eigenvalue weighted by atomic mass is 16.5. The number of hydrogen-bond donors (Lipinski definition) is 1. The molecule has 3 rings (SSSR count). The van der Waals surface area contributed by atoms with Crippen LogP contribution < -0.4 is 4.74 Å². The standard InChI is InChI=1S/C20H30N2O3/c1-15(2)18-5-3-4-6-19(18)25-14-17(23)13-21-9-11-22(12-10-21)20(24)16-7-8-16/h3-6,15-17,23H,7-14H2,1-2H3/t17-/m0/s1. The minimum Gasteiger partial charge on any atom is -0.491 e. The summed E-state index contributed by atoms with van der Waals surface area (Å²) in [6.45, 7) is 8.39. The summed E-state index contributed by atoms with van der Waals surface area (Å²) in [5.74, 6) is 1.88. The maximum Gasteiger partial charge on any atom is 0.225 e. The molecule has 0 aromatic heterocycles. The Morgan fingerprint density at radius 1 is 1.20 bits per heavy atom. The van der Waals surface area contributed by atoms with E-state index in [2.05, 4.69) is 24.8 Å². The van der Waals surface area contributed by atoms with Crippen LogP contribution in [0.5, 0.6) is 5.75 Å². The van der Waals surface area contributed by atoms with Gasteiger partial charge in [-0.25, -0.2) is 0 Å². The van der Waals surface area contributed by atoms with E-state index in [1.165, 1.54) is 5.56 Å². The third-order valence-corrected chi connectivity index (χ3v) is 5.05. The Hall–Kier alpha value is -1.59. The fraction of sp³-hybridized carbons (Fsp3) is 0.650. The van der Waals surface area contributed by atoms with Crippen molar-refractivity contribution in [2.45, 2.75) is 38.7 Å². The molecule has 1 aliphatic carbocycles. The minimum absolute atomic E-state index is 0.297. The zero-order chi connectivity index (χ0) is 17.8. The molecule has 2 aliphatic rings. The molecule has 1 heterocycles. The molecule has 1 amide bonds. The molecule has 5 heteroatoms. The van der Waals surface area contributed by atoms with E-state index in [0.29, 0.717) is 30.9 Å². The third-order valence-electron chi connectivity index (χ3n) is 5.05. The molecule has 1 aromatic rings. The lowest BCUT2D eigenvalue weighted by Crippen LogP contribution is -2.51. The lowest BCUT2D eigenvalue weighted by Gasteiger charge is -2.35. The fourth-order valence-corrected chi connectivity index (χ4v) is 3.36. The normalized spacial score (nSPS) is 19.9. The van der Waals surface area contributed by atoms with Gasteiger partial charge in [0.1, 0.15) is 18.5 Å². The maximum absolute atomic E-state index is 12.1. The van der Waals surface area contributed by atoms with Crippen molar-refractivity contribution in [1.82, 2.24) is 9.80 Å². The number of hydrogen-bond acceptors (Lipinski definition) is 4. The topological polar surface area (TPSA) is 53.0 Å². The van der Waals surface area contributed by atoms with Gasteiger partial charge in [0, 0.05) is 38.6 Å². The molecule has 1 aliphatic heterocycles. The van der Waals surface area contributed by atoms with E-state index in [1.54, 1.807) is 0 Å². The van der Waals surface area contributed by atoms with E-state index >= 15 is 0 Å². The molecular weight excluding hydrogens is 316 g/mol. The van der Waals surface area contributed by atoms with Crippen LogP contribution >= 0.6 is 0 Å². The van der Waals surface area contributed by atoms with Crippen LogP contribution in [-0.4, -0.2) is 66.2 Å². The second-order valence-electron chi connectivity index (χ2n) is 7.56. The van der Waals surface area contributed by atoms with Crippen LogP contribution in [0.1, 0.15) is 38.2 Å². The maximum atomic E-state index is 12.1. The van der Waals surface area contributed by atoms with Gasteiger partial charge in [-0.3, -0.25) is 9.69 Å². The van der Waals surface area contributed by atoms with Crippen LogP contribution in [0.15, 0.2) is 24.3 Å². The van der Waals surface area contributed by atoms with Crippen molar-refractivity contribution >= 4 is 5.91 Å². The highest BCUT2D eigenvalue weighted by Gasteiger charge is 2.34. The number of ether oxygens (including phenoxy) is 1. The lowest BCUT2D eigenvalue weighted by atomic mass is 10.0. The number of aliphatic hydroxyl groups excluding tert-OH is 1.